The van der Waals surface area contributed by atoms with Gasteiger partial charge in [-0.05, 0) is 31.9 Å². The first-order valence-corrected chi connectivity index (χ1v) is 9.58. The van der Waals surface area contributed by atoms with Crippen LogP contribution in [0.25, 0.3) is 0 Å². The van der Waals surface area contributed by atoms with Gasteiger partial charge in [0.15, 0.2) is 0 Å². The fraction of sp³-hybridized carbons (Fsp3) is 0.625. The average molecular weight is 324 g/mol. The van der Waals surface area contributed by atoms with Crippen molar-refractivity contribution in [3.63, 3.8) is 0 Å². The van der Waals surface area contributed by atoms with Crippen LogP contribution >= 0.6 is 0 Å². The largest absolute Gasteiger partial charge is 0.598 e. The summed E-state index contributed by atoms with van der Waals surface area (Å²) in [7, 11) is -3.17. The molecule has 2 fully saturated rings. The highest BCUT2D eigenvalue weighted by molar-refractivity contribution is 7.96. The summed E-state index contributed by atoms with van der Waals surface area (Å²) in [6, 6.07) is 10.3. The lowest BCUT2D eigenvalue weighted by molar-refractivity contribution is 0.0742. The second-order valence-corrected chi connectivity index (χ2v) is 8.10. The van der Waals surface area contributed by atoms with Crippen LogP contribution in [0, 0.1) is 0 Å². The molecule has 2 aliphatic rings. The minimum absolute atomic E-state index is 0.0262. The van der Waals surface area contributed by atoms with Gasteiger partial charge >= 0.3 is 0 Å². The first-order chi connectivity index (χ1) is 10.6. The highest BCUT2D eigenvalue weighted by atomic mass is 32.3. The summed E-state index contributed by atoms with van der Waals surface area (Å²) >= 11 is 0. The lowest BCUT2D eigenvalue weighted by atomic mass is 10.1. The van der Waals surface area contributed by atoms with E-state index in [0.29, 0.717) is 19.3 Å². The Balaban J connectivity index is 1.59. The standard InChI is InChI=1S/C16H24N2O3S/c1-13-6-5-9-18(13)16-12-22(19,20)17-15(16)11-21-10-14-7-3-2-4-8-14/h2-4,7-8,13,15-16H,5-6,9-12H2,1H3,(H-,17,19,20)/t13-,15-,16-/m1/s1. The summed E-state index contributed by atoms with van der Waals surface area (Å²) in [6.45, 7) is 4.10. The van der Waals surface area contributed by atoms with Gasteiger partial charge in [0.2, 0.25) is 0 Å². The van der Waals surface area contributed by atoms with Crippen LogP contribution in [0.15, 0.2) is 30.3 Å². The predicted octanol–water partition coefficient (Wildman–Crippen LogP) is 1.57. The Morgan fingerprint density at radius 1 is 1.41 bits per heavy atom. The Bertz CT molecular complexity index is 539. The summed E-state index contributed by atoms with van der Waals surface area (Å²) < 4.78 is 32.4. The van der Waals surface area contributed by atoms with E-state index in [1.807, 2.05) is 30.3 Å². The number of rotatable bonds is 5. The summed E-state index contributed by atoms with van der Waals surface area (Å²) in [5.74, 6) is 0.191. The fourth-order valence-electron chi connectivity index (χ4n) is 3.50. The Kier molecular flexibility index (Phi) is 4.94. The molecule has 0 saturated carbocycles. The van der Waals surface area contributed by atoms with Crippen LogP contribution in [0.2, 0.25) is 0 Å². The second-order valence-electron chi connectivity index (χ2n) is 6.30. The van der Waals surface area contributed by atoms with Crippen LogP contribution in [-0.2, 0) is 26.0 Å². The molecule has 1 N–H and O–H groups in total. The van der Waals surface area contributed by atoms with Gasteiger partial charge < -0.3 is 9.29 Å². The zero-order chi connectivity index (χ0) is 15.6. The quantitative estimate of drug-likeness (QED) is 0.835. The topological polar surface area (TPSA) is 64.6 Å². The monoisotopic (exact) mass is 324 g/mol. The number of hydrogen-bond donors (Lipinski definition) is 1. The maximum Gasteiger partial charge on any atom is 0.144 e. The van der Waals surface area contributed by atoms with E-state index < -0.39 is 10.4 Å². The zero-order valence-electron chi connectivity index (χ0n) is 12.9. The molecule has 4 atom stereocenters. The lowest BCUT2D eigenvalue weighted by Crippen LogP contribution is -2.48. The van der Waals surface area contributed by atoms with Crippen LogP contribution in [0.4, 0.5) is 0 Å². The van der Waals surface area contributed by atoms with Gasteiger partial charge in [0, 0.05) is 6.04 Å². The smallest absolute Gasteiger partial charge is 0.144 e. The third-order valence-corrected chi connectivity index (χ3v) is 6.07. The van der Waals surface area contributed by atoms with Crippen molar-refractivity contribution in [2.45, 2.75) is 44.5 Å². The van der Waals surface area contributed by atoms with E-state index in [9.17, 15) is 8.76 Å². The average Bonchev–Trinajstić information content (AvgIpc) is 3.03. The molecule has 1 aromatic rings. The van der Waals surface area contributed by atoms with Crippen molar-refractivity contribution in [2.75, 3.05) is 18.9 Å². The molecular formula is C16H24N2O3S. The van der Waals surface area contributed by atoms with Gasteiger partial charge in [-0.15, -0.1) is 4.72 Å². The highest BCUT2D eigenvalue weighted by Gasteiger charge is 2.46. The Morgan fingerprint density at radius 3 is 2.86 bits per heavy atom. The van der Waals surface area contributed by atoms with Crippen molar-refractivity contribution in [1.82, 2.24) is 9.62 Å². The molecule has 122 valence electrons. The molecule has 3 rings (SSSR count). The number of likely N-dealkylation sites (tertiary alicyclic amines) is 1. The molecule has 0 radical (unpaired) electrons. The number of ether oxygens (including phenoxy) is 1. The number of benzene rings is 1. The molecule has 2 aliphatic heterocycles. The summed E-state index contributed by atoms with van der Waals surface area (Å²) in [4.78, 5) is 2.33. The fourth-order valence-corrected chi connectivity index (χ4v) is 5.15. The second kappa shape index (κ2) is 6.76. The van der Waals surface area contributed by atoms with Gasteiger partial charge in [-0.3, -0.25) is 4.90 Å². The molecule has 1 unspecified atom stereocenters. The van der Waals surface area contributed by atoms with E-state index in [2.05, 4.69) is 16.5 Å². The molecule has 0 bridgehead atoms. The summed E-state index contributed by atoms with van der Waals surface area (Å²) in [5, 5.41) is 0. The summed E-state index contributed by atoms with van der Waals surface area (Å²) in [6.07, 6.45) is 2.30. The maximum atomic E-state index is 12.0. The van der Waals surface area contributed by atoms with E-state index in [4.69, 9.17) is 4.74 Å². The summed E-state index contributed by atoms with van der Waals surface area (Å²) in [5.41, 5.74) is 1.11. The van der Waals surface area contributed by atoms with Gasteiger partial charge in [0.1, 0.15) is 16.2 Å². The minimum atomic E-state index is -3.17. The van der Waals surface area contributed by atoms with Crippen LogP contribution < -0.4 is 4.72 Å². The number of nitrogens with zero attached hydrogens (tertiary/aromatic N) is 1. The molecule has 0 aliphatic carbocycles. The van der Waals surface area contributed by atoms with Crippen molar-refractivity contribution in [2.24, 2.45) is 0 Å². The molecule has 0 aromatic heterocycles. The first kappa shape index (κ1) is 16.1. The van der Waals surface area contributed by atoms with Gasteiger partial charge in [0.25, 0.3) is 0 Å². The molecule has 2 saturated heterocycles. The van der Waals surface area contributed by atoms with Crippen LogP contribution in [0.5, 0.6) is 0 Å². The van der Waals surface area contributed by atoms with E-state index >= 15 is 0 Å². The van der Waals surface area contributed by atoms with Crippen LogP contribution in [-0.4, -0.2) is 46.5 Å². The third-order valence-electron chi connectivity index (χ3n) is 4.62. The number of hydrogen-bond acceptors (Lipinski definition) is 4. The Hall–Kier alpha value is -0.790. The predicted molar refractivity (Wildman–Crippen MR) is 85.9 cm³/mol. The first-order valence-electron chi connectivity index (χ1n) is 7.92. The van der Waals surface area contributed by atoms with Crippen molar-refractivity contribution in [3.05, 3.63) is 35.9 Å². The van der Waals surface area contributed by atoms with Crippen LogP contribution in [0.1, 0.15) is 25.3 Å². The zero-order valence-corrected chi connectivity index (χ0v) is 13.8. The molecular weight excluding hydrogens is 300 g/mol. The van der Waals surface area contributed by atoms with E-state index in [0.717, 1.165) is 24.9 Å². The molecule has 1 aromatic carbocycles. The molecule has 2 heterocycles. The van der Waals surface area contributed by atoms with Gasteiger partial charge in [-0.1, -0.05) is 34.5 Å². The van der Waals surface area contributed by atoms with Gasteiger partial charge in [0.05, 0.1) is 25.3 Å². The molecule has 0 spiro atoms. The van der Waals surface area contributed by atoms with Crippen molar-refractivity contribution in [1.29, 1.82) is 0 Å². The number of nitrogens with one attached hydrogen (secondary N) is 1. The normalized spacial score (nSPS) is 36.0. The van der Waals surface area contributed by atoms with E-state index in [-0.39, 0.29) is 17.8 Å². The molecule has 22 heavy (non-hydrogen) atoms. The lowest BCUT2D eigenvalue weighted by Gasteiger charge is -2.29. The molecule has 0 amide bonds. The molecule has 5 nitrogen and oxygen atoms in total. The SMILES string of the molecule is C[C@@H]1CCCN1[C@@H]1C[S+](=O)([O-])N[C@@H]1COCc1ccccc1. The third kappa shape index (κ3) is 3.75. The van der Waals surface area contributed by atoms with Crippen molar-refractivity contribution < 1.29 is 13.5 Å². The van der Waals surface area contributed by atoms with Crippen LogP contribution in [0.3, 0.4) is 0 Å². The number of sulfonamides is 1. The Labute approximate surface area is 133 Å². The Morgan fingerprint density at radius 2 is 2.18 bits per heavy atom. The maximum absolute atomic E-state index is 12.0. The van der Waals surface area contributed by atoms with Gasteiger partial charge in [-0.25, -0.2) is 0 Å². The van der Waals surface area contributed by atoms with Crippen molar-refractivity contribution in [3.8, 4) is 0 Å². The molecule has 6 heteroatoms. The van der Waals surface area contributed by atoms with Crippen molar-refractivity contribution >= 4 is 10.4 Å². The highest BCUT2D eigenvalue weighted by Crippen LogP contribution is 2.27. The van der Waals surface area contributed by atoms with E-state index in [1.54, 1.807) is 0 Å². The van der Waals surface area contributed by atoms with Gasteiger partial charge in [-0.2, -0.15) is 0 Å². The minimum Gasteiger partial charge on any atom is -0.598 e. The van der Waals surface area contributed by atoms with E-state index in [1.165, 1.54) is 0 Å².